The number of aromatic nitrogens is 2. The summed E-state index contributed by atoms with van der Waals surface area (Å²) in [5, 5.41) is 0. The van der Waals surface area contributed by atoms with Crippen LogP contribution in [0.4, 0.5) is 0 Å². The second kappa shape index (κ2) is 3.92. The van der Waals surface area contributed by atoms with Crippen LogP contribution in [0.3, 0.4) is 0 Å². The highest BCUT2D eigenvalue weighted by atomic mass is 32.2. The molecule has 1 saturated heterocycles. The van der Waals surface area contributed by atoms with E-state index >= 15 is 0 Å². The largest absolute Gasteiger partial charge is 0.380 e. The lowest BCUT2D eigenvalue weighted by Gasteiger charge is -2.16. The lowest BCUT2D eigenvalue weighted by atomic mass is 10.3. The Hall–Kier alpha value is -0.920. The van der Waals surface area contributed by atoms with Gasteiger partial charge in [-0.2, -0.15) is 12.7 Å². The minimum absolute atomic E-state index is 0.00305. The summed E-state index contributed by atoms with van der Waals surface area (Å²) >= 11 is 0. The smallest absolute Gasteiger partial charge is 0.308 e. The molecular weight excluding hydrogens is 218 g/mol. The van der Waals surface area contributed by atoms with Crippen LogP contribution in [-0.4, -0.2) is 48.0 Å². The number of imidazole rings is 1. The molecule has 0 aromatic carbocycles. The van der Waals surface area contributed by atoms with Gasteiger partial charge in [0.05, 0.1) is 6.10 Å². The summed E-state index contributed by atoms with van der Waals surface area (Å²) in [4.78, 5) is 3.72. The van der Waals surface area contributed by atoms with Gasteiger partial charge < -0.3 is 4.74 Å². The molecule has 15 heavy (non-hydrogen) atoms. The average molecular weight is 231 g/mol. The predicted octanol–water partition coefficient (Wildman–Crippen LogP) is -0.303. The molecule has 1 aliphatic heterocycles. The fraction of sp³-hybridized carbons (Fsp3) is 0.625. The summed E-state index contributed by atoms with van der Waals surface area (Å²) in [6.45, 7) is 0.913. The highest BCUT2D eigenvalue weighted by Crippen LogP contribution is 2.16. The molecule has 0 spiro atoms. The molecule has 0 aliphatic carbocycles. The Morgan fingerprint density at radius 2 is 2.33 bits per heavy atom. The lowest BCUT2D eigenvalue weighted by molar-refractivity contribution is 0.115. The van der Waals surface area contributed by atoms with Crippen molar-refractivity contribution in [3.8, 4) is 0 Å². The topological polar surface area (TPSA) is 64.4 Å². The number of methoxy groups -OCH3 is 1. The second-order valence-electron chi connectivity index (χ2n) is 3.40. The zero-order chi connectivity index (χ0) is 10.9. The van der Waals surface area contributed by atoms with Gasteiger partial charge in [-0.05, 0) is 6.42 Å². The highest BCUT2D eigenvalue weighted by molar-refractivity contribution is 7.87. The Morgan fingerprint density at radius 1 is 1.53 bits per heavy atom. The number of hydrogen-bond acceptors (Lipinski definition) is 4. The monoisotopic (exact) mass is 231 g/mol. The van der Waals surface area contributed by atoms with Gasteiger partial charge in [0, 0.05) is 32.6 Å². The highest BCUT2D eigenvalue weighted by Gasteiger charge is 2.32. The average Bonchev–Trinajstić information content (AvgIpc) is 2.89. The molecule has 0 bridgehead atoms. The molecule has 1 unspecified atom stereocenters. The number of ether oxygens (including phenoxy) is 1. The van der Waals surface area contributed by atoms with E-state index in [1.165, 1.54) is 23.0 Å². The van der Waals surface area contributed by atoms with Crippen molar-refractivity contribution in [1.82, 2.24) is 13.3 Å². The van der Waals surface area contributed by atoms with Crippen molar-refractivity contribution < 1.29 is 13.2 Å². The normalized spacial score (nSPS) is 23.4. The quantitative estimate of drug-likeness (QED) is 0.716. The third-order valence-electron chi connectivity index (χ3n) is 2.51. The maximum atomic E-state index is 12.0. The Labute approximate surface area is 88.7 Å². The SMILES string of the molecule is COC1CCN(S(=O)(=O)n2ccnc2)C1. The van der Waals surface area contributed by atoms with Crippen molar-refractivity contribution in [3.63, 3.8) is 0 Å². The molecule has 1 fully saturated rings. The van der Waals surface area contributed by atoms with Crippen molar-refractivity contribution in [2.45, 2.75) is 12.5 Å². The summed E-state index contributed by atoms with van der Waals surface area (Å²) in [7, 11) is -1.84. The summed E-state index contributed by atoms with van der Waals surface area (Å²) in [6.07, 6.45) is 4.90. The van der Waals surface area contributed by atoms with Crippen LogP contribution in [0, 0.1) is 0 Å². The minimum atomic E-state index is -3.43. The zero-order valence-electron chi connectivity index (χ0n) is 8.41. The molecule has 84 valence electrons. The van der Waals surface area contributed by atoms with Crippen LogP contribution in [0.5, 0.6) is 0 Å². The molecule has 0 N–H and O–H groups in total. The van der Waals surface area contributed by atoms with Gasteiger partial charge in [0.2, 0.25) is 0 Å². The maximum Gasteiger partial charge on any atom is 0.308 e. The molecule has 1 aromatic rings. The fourth-order valence-corrected chi connectivity index (χ4v) is 2.96. The first kappa shape index (κ1) is 10.6. The third-order valence-corrected chi connectivity index (χ3v) is 4.25. The van der Waals surface area contributed by atoms with Gasteiger partial charge in [-0.1, -0.05) is 0 Å². The van der Waals surface area contributed by atoms with Crippen molar-refractivity contribution in [3.05, 3.63) is 18.7 Å². The van der Waals surface area contributed by atoms with Gasteiger partial charge in [-0.15, -0.1) is 0 Å². The van der Waals surface area contributed by atoms with E-state index in [1.54, 1.807) is 7.11 Å². The fourth-order valence-electron chi connectivity index (χ4n) is 1.62. The summed E-state index contributed by atoms with van der Waals surface area (Å²) in [5.41, 5.74) is 0. The van der Waals surface area contributed by atoms with E-state index in [-0.39, 0.29) is 6.10 Å². The molecule has 6 nitrogen and oxygen atoms in total. The minimum Gasteiger partial charge on any atom is -0.380 e. The first-order chi connectivity index (χ1) is 7.14. The van der Waals surface area contributed by atoms with Crippen LogP contribution in [0.25, 0.3) is 0 Å². The van der Waals surface area contributed by atoms with E-state index in [1.807, 2.05) is 0 Å². The number of nitrogens with zero attached hydrogens (tertiary/aromatic N) is 3. The molecule has 2 heterocycles. The van der Waals surface area contributed by atoms with Gasteiger partial charge in [-0.25, -0.2) is 8.96 Å². The summed E-state index contributed by atoms with van der Waals surface area (Å²) in [5.74, 6) is 0. The molecule has 0 radical (unpaired) electrons. The van der Waals surface area contributed by atoms with E-state index in [0.717, 1.165) is 10.4 Å². The van der Waals surface area contributed by atoms with Crippen molar-refractivity contribution in [2.75, 3.05) is 20.2 Å². The van der Waals surface area contributed by atoms with Gasteiger partial charge in [-0.3, -0.25) is 0 Å². The molecule has 2 rings (SSSR count). The van der Waals surface area contributed by atoms with E-state index < -0.39 is 10.2 Å². The maximum absolute atomic E-state index is 12.0. The molecule has 0 saturated carbocycles. The van der Waals surface area contributed by atoms with Crippen LogP contribution in [-0.2, 0) is 14.9 Å². The Balaban J connectivity index is 2.18. The van der Waals surface area contributed by atoms with E-state index in [2.05, 4.69) is 4.98 Å². The number of rotatable bonds is 3. The van der Waals surface area contributed by atoms with Gasteiger partial charge >= 0.3 is 10.2 Å². The van der Waals surface area contributed by atoms with Crippen LogP contribution < -0.4 is 0 Å². The Kier molecular flexibility index (Phi) is 2.76. The third kappa shape index (κ3) is 1.90. The molecule has 0 amide bonds. The summed E-state index contributed by atoms with van der Waals surface area (Å²) < 4.78 is 31.5. The van der Waals surface area contributed by atoms with E-state index in [0.29, 0.717) is 13.1 Å². The van der Waals surface area contributed by atoms with Crippen molar-refractivity contribution >= 4 is 10.2 Å². The van der Waals surface area contributed by atoms with Gasteiger partial charge in [0.1, 0.15) is 6.33 Å². The second-order valence-corrected chi connectivity index (χ2v) is 5.24. The van der Waals surface area contributed by atoms with Crippen LogP contribution in [0.2, 0.25) is 0 Å². The molecule has 1 aliphatic rings. The van der Waals surface area contributed by atoms with Crippen LogP contribution in [0.1, 0.15) is 6.42 Å². The lowest BCUT2D eigenvalue weighted by Crippen LogP contribution is -2.34. The van der Waals surface area contributed by atoms with Crippen LogP contribution in [0.15, 0.2) is 18.7 Å². The van der Waals surface area contributed by atoms with Gasteiger partial charge in [0.15, 0.2) is 0 Å². The molecule has 7 heteroatoms. The van der Waals surface area contributed by atoms with E-state index in [9.17, 15) is 8.42 Å². The molecule has 1 aromatic heterocycles. The molecular formula is C8H13N3O3S. The van der Waals surface area contributed by atoms with Gasteiger partial charge in [0.25, 0.3) is 0 Å². The zero-order valence-corrected chi connectivity index (χ0v) is 9.22. The predicted molar refractivity (Wildman–Crippen MR) is 53.5 cm³/mol. The number of hydrogen-bond donors (Lipinski definition) is 0. The van der Waals surface area contributed by atoms with E-state index in [4.69, 9.17) is 4.74 Å². The molecule has 1 atom stereocenters. The Bertz CT molecular complexity index is 414. The van der Waals surface area contributed by atoms with Crippen molar-refractivity contribution in [1.29, 1.82) is 0 Å². The first-order valence-electron chi connectivity index (χ1n) is 4.66. The summed E-state index contributed by atoms with van der Waals surface area (Å²) in [6, 6.07) is 0. The first-order valence-corrected chi connectivity index (χ1v) is 6.05. The standard InChI is InChI=1S/C8H13N3O3S/c1-14-8-2-4-10(6-8)15(12,13)11-5-3-9-7-11/h3,5,7-8H,2,4,6H2,1H3. The Morgan fingerprint density at radius 3 is 2.87 bits per heavy atom. The van der Waals surface area contributed by atoms with Crippen LogP contribution >= 0.6 is 0 Å². The van der Waals surface area contributed by atoms with Crippen molar-refractivity contribution in [2.24, 2.45) is 0 Å².